The maximum absolute atomic E-state index is 10.8. The van der Waals surface area contributed by atoms with Crippen molar-refractivity contribution in [3.8, 4) is 0 Å². The number of halogens is 1. The third kappa shape index (κ3) is 4.09. The van der Waals surface area contributed by atoms with Crippen molar-refractivity contribution in [2.24, 2.45) is 5.92 Å². The summed E-state index contributed by atoms with van der Waals surface area (Å²) in [4.78, 5) is 10.8. The van der Waals surface area contributed by atoms with Crippen LogP contribution in [0.2, 0.25) is 0 Å². The van der Waals surface area contributed by atoms with Gasteiger partial charge in [0.2, 0.25) is 0 Å². The Morgan fingerprint density at radius 2 is 2.30 bits per heavy atom. The van der Waals surface area contributed by atoms with Gasteiger partial charge in [-0.2, -0.15) is 0 Å². The molecule has 0 rings (SSSR count). The van der Waals surface area contributed by atoms with E-state index in [1.165, 1.54) is 7.11 Å². The second kappa shape index (κ2) is 5.95. The van der Waals surface area contributed by atoms with Crippen LogP contribution in [0.15, 0.2) is 0 Å². The van der Waals surface area contributed by atoms with Crippen molar-refractivity contribution in [2.75, 3.05) is 11.5 Å². The third-order valence-electron chi connectivity index (χ3n) is 1.37. The molecule has 0 amide bonds. The number of hydrogen-bond acceptors (Lipinski definition) is 2. The number of alkyl halides is 1. The molecule has 3 heteroatoms. The number of carbonyl (C=O) groups is 1. The predicted molar refractivity (Wildman–Crippen MR) is 49.3 cm³/mol. The van der Waals surface area contributed by atoms with Crippen LogP contribution in [-0.2, 0) is 9.53 Å². The summed E-state index contributed by atoms with van der Waals surface area (Å²) >= 11 is 2.30. The molecule has 0 unspecified atom stereocenters. The summed E-state index contributed by atoms with van der Waals surface area (Å²) in [6.45, 7) is 1.90. The molecule has 0 aliphatic heterocycles. The Morgan fingerprint density at radius 1 is 1.70 bits per heavy atom. The molecule has 10 heavy (non-hydrogen) atoms. The molecule has 0 saturated heterocycles. The molecule has 1 atom stereocenters. The zero-order chi connectivity index (χ0) is 7.98. The smallest absolute Gasteiger partial charge is 0.308 e. The Labute approximate surface area is 75.5 Å². The van der Waals surface area contributed by atoms with Gasteiger partial charge in [0, 0.05) is 0 Å². The first-order valence-electron chi connectivity index (χ1n) is 3.36. The standard InChI is InChI=1S/C7H13IO2/c1-6(4-3-5-8)7(9)10-2/h6H,3-5H2,1-2H3/t6-/m0/s1. The van der Waals surface area contributed by atoms with Gasteiger partial charge in [-0.15, -0.1) is 0 Å². The highest BCUT2D eigenvalue weighted by Gasteiger charge is 2.11. The Kier molecular flexibility index (Phi) is 6.06. The van der Waals surface area contributed by atoms with Crippen molar-refractivity contribution in [3.05, 3.63) is 0 Å². The molecule has 0 aromatic carbocycles. The number of carbonyl (C=O) groups excluding carboxylic acids is 1. The summed E-state index contributed by atoms with van der Waals surface area (Å²) in [5, 5.41) is 0. The molecule has 2 nitrogen and oxygen atoms in total. The van der Waals surface area contributed by atoms with Gasteiger partial charge in [-0.25, -0.2) is 0 Å². The lowest BCUT2D eigenvalue weighted by molar-refractivity contribution is -0.145. The molecule has 0 radical (unpaired) electrons. The van der Waals surface area contributed by atoms with Crippen molar-refractivity contribution in [2.45, 2.75) is 19.8 Å². The van der Waals surface area contributed by atoms with Crippen molar-refractivity contribution >= 4 is 28.6 Å². The molecule has 0 N–H and O–H groups in total. The molecule has 0 bridgehead atoms. The largest absolute Gasteiger partial charge is 0.469 e. The van der Waals surface area contributed by atoms with Crippen LogP contribution in [-0.4, -0.2) is 17.5 Å². The van der Waals surface area contributed by atoms with Gasteiger partial charge in [0.05, 0.1) is 13.0 Å². The predicted octanol–water partition coefficient (Wildman–Crippen LogP) is 2.01. The molecule has 0 saturated carbocycles. The average molecular weight is 256 g/mol. The first-order valence-corrected chi connectivity index (χ1v) is 4.88. The van der Waals surface area contributed by atoms with Crippen molar-refractivity contribution in [3.63, 3.8) is 0 Å². The lowest BCUT2D eigenvalue weighted by Crippen LogP contribution is -2.12. The first-order chi connectivity index (χ1) is 4.72. The highest BCUT2D eigenvalue weighted by atomic mass is 127. The minimum absolute atomic E-state index is 0.0692. The quantitative estimate of drug-likeness (QED) is 0.437. The van der Waals surface area contributed by atoms with E-state index in [9.17, 15) is 4.79 Å². The number of methoxy groups -OCH3 is 1. The van der Waals surface area contributed by atoms with Crippen molar-refractivity contribution < 1.29 is 9.53 Å². The number of hydrogen-bond donors (Lipinski definition) is 0. The fourth-order valence-electron chi connectivity index (χ4n) is 0.702. The number of esters is 1. The zero-order valence-corrected chi connectivity index (χ0v) is 8.55. The lowest BCUT2D eigenvalue weighted by atomic mass is 10.1. The van der Waals surface area contributed by atoms with Crippen molar-refractivity contribution in [1.82, 2.24) is 0 Å². The van der Waals surface area contributed by atoms with Crippen LogP contribution >= 0.6 is 22.6 Å². The van der Waals surface area contributed by atoms with Crippen LogP contribution in [0.3, 0.4) is 0 Å². The average Bonchev–Trinajstić information content (AvgIpc) is 1.98. The summed E-state index contributed by atoms with van der Waals surface area (Å²) in [6.07, 6.45) is 2.03. The molecule has 0 aliphatic carbocycles. The Hall–Kier alpha value is 0.200. The monoisotopic (exact) mass is 256 g/mol. The molecule has 0 aliphatic rings. The van der Waals surface area contributed by atoms with E-state index in [0.717, 1.165) is 17.3 Å². The fraction of sp³-hybridized carbons (Fsp3) is 0.857. The molecular formula is C7H13IO2. The summed E-state index contributed by atoms with van der Waals surface area (Å²) in [5.41, 5.74) is 0. The summed E-state index contributed by atoms with van der Waals surface area (Å²) in [7, 11) is 1.43. The van der Waals surface area contributed by atoms with Gasteiger partial charge < -0.3 is 4.74 Å². The van der Waals surface area contributed by atoms with Crippen LogP contribution in [0, 0.1) is 5.92 Å². The van der Waals surface area contributed by atoms with Crippen LogP contribution in [0.5, 0.6) is 0 Å². The van der Waals surface area contributed by atoms with Gasteiger partial charge >= 0.3 is 5.97 Å². The van der Waals surface area contributed by atoms with E-state index < -0.39 is 0 Å². The zero-order valence-electron chi connectivity index (χ0n) is 6.39. The SMILES string of the molecule is COC(=O)[C@@H](C)CCCI. The second-order valence-electron chi connectivity index (χ2n) is 2.26. The molecule has 0 heterocycles. The fourth-order valence-corrected chi connectivity index (χ4v) is 1.14. The number of rotatable bonds is 4. The van der Waals surface area contributed by atoms with Crippen molar-refractivity contribution in [1.29, 1.82) is 0 Å². The molecular weight excluding hydrogens is 243 g/mol. The van der Waals surface area contributed by atoms with E-state index >= 15 is 0 Å². The number of ether oxygens (including phenoxy) is 1. The Balaban J connectivity index is 3.41. The van der Waals surface area contributed by atoms with E-state index in [1.807, 2.05) is 6.92 Å². The van der Waals surface area contributed by atoms with Gasteiger partial charge in [-0.05, 0) is 17.3 Å². The lowest BCUT2D eigenvalue weighted by Gasteiger charge is -2.06. The van der Waals surface area contributed by atoms with Crippen LogP contribution < -0.4 is 0 Å². The van der Waals surface area contributed by atoms with E-state index in [1.54, 1.807) is 0 Å². The Bertz CT molecular complexity index is 104. The minimum atomic E-state index is -0.0927. The van der Waals surface area contributed by atoms with E-state index in [2.05, 4.69) is 27.3 Å². The molecule has 0 aromatic heterocycles. The summed E-state index contributed by atoms with van der Waals surface area (Å²) in [5.74, 6) is -0.0235. The van der Waals surface area contributed by atoms with Crippen LogP contribution in [0.4, 0.5) is 0 Å². The highest BCUT2D eigenvalue weighted by molar-refractivity contribution is 14.1. The van der Waals surface area contributed by atoms with Crippen LogP contribution in [0.1, 0.15) is 19.8 Å². The molecule has 0 aromatic rings. The van der Waals surface area contributed by atoms with Gasteiger partial charge in [0.25, 0.3) is 0 Å². The van der Waals surface area contributed by atoms with Crippen LogP contribution in [0.25, 0.3) is 0 Å². The summed E-state index contributed by atoms with van der Waals surface area (Å²) in [6, 6.07) is 0. The molecule has 0 fully saturated rings. The highest BCUT2D eigenvalue weighted by Crippen LogP contribution is 2.08. The summed E-state index contributed by atoms with van der Waals surface area (Å²) < 4.78 is 5.68. The van der Waals surface area contributed by atoms with E-state index in [-0.39, 0.29) is 11.9 Å². The maximum atomic E-state index is 10.8. The minimum Gasteiger partial charge on any atom is -0.469 e. The van der Waals surface area contributed by atoms with Gasteiger partial charge in [-0.3, -0.25) is 4.79 Å². The normalized spacial score (nSPS) is 12.7. The van der Waals surface area contributed by atoms with Gasteiger partial charge in [0.15, 0.2) is 0 Å². The first kappa shape index (κ1) is 10.2. The Morgan fingerprint density at radius 3 is 2.70 bits per heavy atom. The van der Waals surface area contributed by atoms with E-state index in [4.69, 9.17) is 0 Å². The molecule has 60 valence electrons. The third-order valence-corrected chi connectivity index (χ3v) is 2.14. The van der Waals surface area contributed by atoms with E-state index in [0.29, 0.717) is 0 Å². The maximum Gasteiger partial charge on any atom is 0.308 e. The second-order valence-corrected chi connectivity index (χ2v) is 3.33. The van der Waals surface area contributed by atoms with Gasteiger partial charge in [-0.1, -0.05) is 29.5 Å². The molecule has 0 spiro atoms. The van der Waals surface area contributed by atoms with Gasteiger partial charge in [0.1, 0.15) is 0 Å². The topological polar surface area (TPSA) is 26.3 Å².